The lowest BCUT2D eigenvalue weighted by Crippen LogP contribution is -2.40. The normalized spacial score (nSPS) is 20.5. The maximum Gasteiger partial charge on any atom is 0.212 e. The maximum atomic E-state index is 6.41. The molecule has 0 fully saturated rings. The summed E-state index contributed by atoms with van der Waals surface area (Å²) in [7, 11) is 0. The van der Waals surface area contributed by atoms with E-state index in [4.69, 9.17) is 9.40 Å². The van der Waals surface area contributed by atoms with E-state index in [0.29, 0.717) is 0 Å². The Labute approximate surface area is 258 Å². The zero-order valence-corrected chi connectivity index (χ0v) is 24.1. The molecule has 0 bridgehead atoms. The molecule has 7 heteroatoms. The minimum atomic E-state index is -0.0494. The van der Waals surface area contributed by atoms with Crippen molar-refractivity contribution in [1.29, 1.82) is 0 Å². The Morgan fingerprint density at radius 1 is 0.600 bits per heavy atom. The summed E-state index contributed by atoms with van der Waals surface area (Å²) in [6.45, 7) is 0. The number of rotatable bonds is 2. The number of imidazole rings is 1. The molecule has 5 aromatic carbocycles. The number of hydrogen-bond acceptors (Lipinski definition) is 6. The van der Waals surface area contributed by atoms with Gasteiger partial charge >= 0.3 is 0 Å². The van der Waals surface area contributed by atoms with Gasteiger partial charge in [0.15, 0.2) is 6.29 Å². The van der Waals surface area contributed by atoms with Crippen LogP contribution in [0.15, 0.2) is 138 Å². The second-order valence-electron chi connectivity index (χ2n) is 12.1. The molecule has 45 heavy (non-hydrogen) atoms. The summed E-state index contributed by atoms with van der Waals surface area (Å²) in [6, 6.07) is 39.0. The smallest absolute Gasteiger partial charge is 0.212 e. The molecule has 0 saturated heterocycles. The van der Waals surface area contributed by atoms with E-state index in [1.54, 1.807) is 0 Å². The van der Waals surface area contributed by atoms with Crippen molar-refractivity contribution in [3.05, 3.63) is 133 Å². The van der Waals surface area contributed by atoms with Crippen LogP contribution in [0.2, 0.25) is 0 Å². The average molecular weight is 583 g/mol. The van der Waals surface area contributed by atoms with Crippen LogP contribution < -0.4 is 20.0 Å². The zero-order valence-electron chi connectivity index (χ0n) is 24.1. The fraction of sp³-hybridized carbons (Fsp3) is 0.0789. The first kappa shape index (κ1) is 23.5. The molecule has 0 amide bonds. The minimum absolute atomic E-state index is 0.0494. The highest BCUT2D eigenvalue weighted by molar-refractivity contribution is 6.08. The molecule has 7 aromatic rings. The first-order valence-electron chi connectivity index (χ1n) is 15.4. The van der Waals surface area contributed by atoms with Crippen molar-refractivity contribution in [3.8, 4) is 0 Å². The van der Waals surface area contributed by atoms with Gasteiger partial charge < -0.3 is 24.1 Å². The van der Waals surface area contributed by atoms with Crippen molar-refractivity contribution >= 4 is 73.0 Å². The summed E-state index contributed by atoms with van der Waals surface area (Å²) >= 11 is 0. The molecular weight excluding hydrogens is 556 g/mol. The summed E-state index contributed by atoms with van der Waals surface area (Å²) in [5, 5.41) is 5.96. The highest BCUT2D eigenvalue weighted by Crippen LogP contribution is 2.53. The van der Waals surface area contributed by atoms with Crippen LogP contribution in [0.5, 0.6) is 0 Å². The van der Waals surface area contributed by atoms with Crippen molar-refractivity contribution in [1.82, 2.24) is 9.55 Å². The Balaban J connectivity index is 1.07. The van der Waals surface area contributed by atoms with Crippen LogP contribution in [-0.4, -0.2) is 21.9 Å². The number of aromatic nitrogens is 2. The number of para-hydroxylation sites is 6. The number of anilines is 7. The molecule has 4 aliphatic rings. The van der Waals surface area contributed by atoms with Gasteiger partial charge in [0.1, 0.15) is 11.2 Å². The first-order chi connectivity index (χ1) is 22.3. The van der Waals surface area contributed by atoms with Crippen molar-refractivity contribution in [2.45, 2.75) is 18.4 Å². The van der Waals surface area contributed by atoms with E-state index >= 15 is 0 Å². The van der Waals surface area contributed by atoms with E-state index in [1.807, 2.05) is 0 Å². The molecule has 11 rings (SSSR count). The maximum absolute atomic E-state index is 6.41. The van der Waals surface area contributed by atoms with Crippen molar-refractivity contribution in [2.24, 2.45) is 0 Å². The van der Waals surface area contributed by atoms with Crippen LogP contribution in [0.4, 0.5) is 40.1 Å². The molecule has 0 saturated carbocycles. The monoisotopic (exact) mass is 582 g/mol. The largest absolute Gasteiger partial charge is 0.456 e. The Kier molecular flexibility index (Phi) is 4.36. The van der Waals surface area contributed by atoms with Crippen molar-refractivity contribution < 1.29 is 4.42 Å². The predicted molar refractivity (Wildman–Crippen MR) is 181 cm³/mol. The van der Waals surface area contributed by atoms with Crippen LogP contribution in [0.1, 0.15) is 6.04 Å². The molecule has 1 aliphatic carbocycles. The Hall–Kier alpha value is -5.95. The van der Waals surface area contributed by atoms with E-state index in [9.17, 15) is 0 Å². The van der Waals surface area contributed by atoms with Gasteiger partial charge in [0.25, 0.3) is 0 Å². The van der Waals surface area contributed by atoms with Crippen LogP contribution in [0, 0.1) is 0 Å². The van der Waals surface area contributed by atoms with Gasteiger partial charge in [-0.25, -0.2) is 4.98 Å². The number of hydrogen-bond donors (Lipinski definition) is 1. The van der Waals surface area contributed by atoms with E-state index in [0.717, 1.165) is 56.0 Å². The highest BCUT2D eigenvalue weighted by atomic mass is 16.3. The summed E-state index contributed by atoms with van der Waals surface area (Å²) < 4.78 is 8.78. The van der Waals surface area contributed by atoms with Crippen molar-refractivity contribution in [3.63, 3.8) is 0 Å². The third kappa shape index (κ3) is 3.02. The molecule has 5 heterocycles. The number of furan rings is 1. The summed E-state index contributed by atoms with van der Waals surface area (Å²) in [6.07, 6.45) is 8.81. The quantitative estimate of drug-likeness (QED) is 0.219. The fourth-order valence-electron chi connectivity index (χ4n) is 7.90. The van der Waals surface area contributed by atoms with Gasteiger partial charge in [0.2, 0.25) is 5.95 Å². The lowest BCUT2D eigenvalue weighted by atomic mass is 10.0. The summed E-state index contributed by atoms with van der Waals surface area (Å²) in [4.78, 5) is 12.3. The van der Waals surface area contributed by atoms with Crippen molar-refractivity contribution in [2.75, 3.05) is 20.0 Å². The van der Waals surface area contributed by atoms with Gasteiger partial charge in [-0.2, -0.15) is 0 Å². The molecule has 3 aliphatic heterocycles. The second-order valence-corrected chi connectivity index (χ2v) is 12.1. The number of fused-ring (bicyclic) bond motifs is 13. The highest BCUT2D eigenvalue weighted by Gasteiger charge is 2.43. The topological polar surface area (TPSA) is 52.7 Å². The fourth-order valence-corrected chi connectivity index (χ4v) is 7.90. The number of benzene rings is 5. The molecular formula is C38H26N6O. The molecule has 7 nitrogen and oxygen atoms in total. The Morgan fingerprint density at radius 2 is 1.24 bits per heavy atom. The van der Waals surface area contributed by atoms with E-state index in [1.165, 1.54) is 17.1 Å². The molecule has 0 spiro atoms. The Bertz CT molecular complexity index is 2430. The van der Waals surface area contributed by atoms with E-state index < -0.39 is 0 Å². The van der Waals surface area contributed by atoms with Crippen LogP contribution in [0.3, 0.4) is 0 Å². The van der Waals surface area contributed by atoms with Crippen LogP contribution in [0.25, 0.3) is 33.0 Å². The average Bonchev–Trinajstić information content (AvgIpc) is 3.87. The third-order valence-electron chi connectivity index (χ3n) is 9.80. The van der Waals surface area contributed by atoms with Gasteiger partial charge in [-0.05, 0) is 72.8 Å². The minimum Gasteiger partial charge on any atom is -0.456 e. The van der Waals surface area contributed by atoms with Crippen LogP contribution >= 0.6 is 0 Å². The third-order valence-corrected chi connectivity index (χ3v) is 9.80. The second kappa shape index (κ2) is 8.36. The van der Waals surface area contributed by atoms with Crippen LogP contribution in [-0.2, 0) is 0 Å². The van der Waals surface area contributed by atoms with Gasteiger partial charge in [-0.15, -0.1) is 0 Å². The van der Waals surface area contributed by atoms with Gasteiger partial charge in [0.05, 0.1) is 45.9 Å². The van der Waals surface area contributed by atoms with E-state index in [-0.39, 0.29) is 18.4 Å². The molecule has 1 N–H and O–H groups in total. The molecule has 0 radical (unpaired) electrons. The lowest BCUT2D eigenvalue weighted by molar-refractivity contribution is 0.624. The zero-order chi connectivity index (χ0) is 29.2. The molecule has 3 atom stereocenters. The molecule has 214 valence electrons. The molecule has 2 aromatic heterocycles. The van der Waals surface area contributed by atoms with Gasteiger partial charge in [-0.3, -0.25) is 4.90 Å². The number of allylic oxidation sites excluding steroid dienone is 2. The van der Waals surface area contributed by atoms with Gasteiger partial charge in [-0.1, -0.05) is 60.7 Å². The molecule has 3 unspecified atom stereocenters. The van der Waals surface area contributed by atoms with E-state index in [2.05, 4.69) is 158 Å². The lowest BCUT2D eigenvalue weighted by Gasteiger charge is -2.28. The first-order valence-corrected chi connectivity index (χ1v) is 15.4. The number of nitrogens with one attached hydrogen (secondary N) is 1. The number of nitrogens with zero attached hydrogens (tertiary/aromatic N) is 5. The Morgan fingerprint density at radius 3 is 2.04 bits per heavy atom. The SMILES string of the molecule is C1=CC2C(C=C1)n1c(nc3ccccc31)N2c1ccc2oc3ccc(N4c5ccccc5N5c6ccccc6NC45)cc3c2c1. The summed E-state index contributed by atoms with van der Waals surface area (Å²) in [5.41, 5.74) is 10.9. The standard InChI is InChI=1S/C38H26N6O/c1-3-11-29-27(9-1)39-37-41(31-13-5-7-15-33(31)43(29)37)23-17-19-35-25(21-23)26-22-24(18-20-36(26)45-35)42-32-14-6-8-16-34(32)44-30-12-4-2-10-28(30)40-38(42)44/h1-22,31,33,38,40H. The summed E-state index contributed by atoms with van der Waals surface area (Å²) in [5.74, 6) is 0.968. The predicted octanol–water partition coefficient (Wildman–Crippen LogP) is 9.12. The van der Waals surface area contributed by atoms with Gasteiger partial charge in [0, 0.05) is 22.1 Å².